The molecule has 0 fully saturated rings. The quantitative estimate of drug-likeness (QED) is 0.469. The summed E-state index contributed by atoms with van der Waals surface area (Å²) < 4.78 is 0. The van der Waals surface area contributed by atoms with Crippen molar-refractivity contribution < 1.29 is 0 Å². The van der Waals surface area contributed by atoms with E-state index in [-0.39, 0.29) is 6.04 Å². The van der Waals surface area contributed by atoms with E-state index in [0.29, 0.717) is 0 Å². The Balaban J connectivity index is 1.92. The van der Waals surface area contributed by atoms with Crippen molar-refractivity contribution in [1.29, 1.82) is 0 Å². The van der Waals surface area contributed by atoms with Crippen molar-refractivity contribution in [2.45, 2.75) is 37.6 Å². The van der Waals surface area contributed by atoms with Gasteiger partial charge in [-0.2, -0.15) is 0 Å². The van der Waals surface area contributed by atoms with Gasteiger partial charge in [0.25, 0.3) is 0 Å². The molecule has 1 atom stereocenters. The zero-order valence-corrected chi connectivity index (χ0v) is 13.5. The van der Waals surface area contributed by atoms with Crippen molar-refractivity contribution in [2.24, 2.45) is 5.84 Å². The van der Waals surface area contributed by atoms with Crippen molar-refractivity contribution in [3.8, 4) is 0 Å². The monoisotopic (exact) mass is 301 g/mol. The molecule has 1 aromatic carbocycles. The lowest BCUT2D eigenvalue weighted by Gasteiger charge is -2.16. The summed E-state index contributed by atoms with van der Waals surface area (Å²) in [6.45, 7) is 4.28. The van der Waals surface area contributed by atoms with Gasteiger partial charge >= 0.3 is 0 Å². The minimum Gasteiger partial charge on any atom is -0.271 e. The fourth-order valence-corrected chi connectivity index (χ4v) is 3.18. The third-order valence-electron chi connectivity index (χ3n) is 3.52. The highest BCUT2D eigenvalue weighted by Crippen LogP contribution is 2.23. The fourth-order valence-electron chi connectivity index (χ4n) is 2.11. The van der Waals surface area contributed by atoms with E-state index in [0.717, 1.165) is 24.3 Å². The molecular weight excluding hydrogens is 278 g/mol. The van der Waals surface area contributed by atoms with Crippen molar-refractivity contribution in [3.05, 3.63) is 59.4 Å². The van der Waals surface area contributed by atoms with Crippen molar-refractivity contribution in [1.82, 2.24) is 10.4 Å². The van der Waals surface area contributed by atoms with Gasteiger partial charge in [-0.1, -0.05) is 31.2 Å². The molecule has 112 valence electrons. The molecule has 3 N–H and O–H groups in total. The largest absolute Gasteiger partial charge is 0.271 e. The number of nitrogens with zero attached hydrogens (tertiary/aromatic N) is 1. The molecule has 1 heterocycles. The summed E-state index contributed by atoms with van der Waals surface area (Å²) in [5.41, 5.74) is 6.57. The normalized spacial score (nSPS) is 12.3. The fraction of sp³-hybridized carbons (Fsp3) is 0.353. The number of nitrogens with two attached hydrogens (primary N) is 1. The summed E-state index contributed by atoms with van der Waals surface area (Å²) in [4.78, 5) is 5.82. The highest BCUT2D eigenvalue weighted by atomic mass is 32.2. The molecule has 0 aliphatic rings. The van der Waals surface area contributed by atoms with Crippen LogP contribution >= 0.6 is 11.8 Å². The van der Waals surface area contributed by atoms with E-state index >= 15 is 0 Å². The first-order valence-electron chi connectivity index (χ1n) is 7.31. The zero-order chi connectivity index (χ0) is 15.1. The molecule has 0 saturated carbocycles. The molecular formula is C17H23N3S. The summed E-state index contributed by atoms with van der Waals surface area (Å²) in [5.74, 6) is 6.62. The Morgan fingerprint density at radius 3 is 2.67 bits per heavy atom. The van der Waals surface area contributed by atoms with Gasteiger partial charge in [0.2, 0.25) is 0 Å². The minimum atomic E-state index is 0.217. The van der Waals surface area contributed by atoms with E-state index in [1.54, 1.807) is 0 Å². The van der Waals surface area contributed by atoms with Gasteiger partial charge in [-0.3, -0.25) is 16.3 Å². The first kappa shape index (κ1) is 16.0. The van der Waals surface area contributed by atoms with Gasteiger partial charge in [0, 0.05) is 35.0 Å². The van der Waals surface area contributed by atoms with Gasteiger partial charge in [-0.05, 0) is 36.6 Å². The van der Waals surface area contributed by atoms with E-state index in [2.05, 4.69) is 60.7 Å². The van der Waals surface area contributed by atoms with Gasteiger partial charge in [0.1, 0.15) is 0 Å². The van der Waals surface area contributed by atoms with E-state index in [4.69, 9.17) is 5.84 Å². The topological polar surface area (TPSA) is 50.9 Å². The van der Waals surface area contributed by atoms with Gasteiger partial charge in [-0.15, -0.1) is 11.8 Å². The predicted molar refractivity (Wildman–Crippen MR) is 90.3 cm³/mol. The lowest BCUT2D eigenvalue weighted by Crippen LogP contribution is -2.38. The third kappa shape index (κ3) is 4.84. The molecule has 0 spiro atoms. The Bertz CT molecular complexity index is 554. The number of hydrogen-bond donors (Lipinski definition) is 2. The van der Waals surface area contributed by atoms with Gasteiger partial charge in [-0.25, -0.2) is 0 Å². The highest BCUT2D eigenvalue weighted by molar-refractivity contribution is 7.99. The van der Waals surface area contributed by atoms with Crippen molar-refractivity contribution in [3.63, 3.8) is 0 Å². The number of hydrogen-bond acceptors (Lipinski definition) is 4. The van der Waals surface area contributed by atoms with Crippen molar-refractivity contribution in [2.75, 3.05) is 5.75 Å². The SMILES string of the molecule is CCc1ccc(CC(CSc2ccccc2C)NN)nc1. The van der Waals surface area contributed by atoms with Crippen LogP contribution in [0.3, 0.4) is 0 Å². The first-order chi connectivity index (χ1) is 10.2. The molecule has 0 radical (unpaired) electrons. The number of rotatable bonds is 7. The number of aryl methyl sites for hydroxylation is 2. The smallest absolute Gasteiger partial charge is 0.0420 e. The molecule has 0 bridgehead atoms. The van der Waals surface area contributed by atoms with Gasteiger partial charge in [0.05, 0.1) is 0 Å². The molecule has 4 heteroatoms. The van der Waals surface area contributed by atoms with E-state index in [9.17, 15) is 0 Å². The Kier molecular flexibility index (Phi) is 6.23. The van der Waals surface area contributed by atoms with Crippen molar-refractivity contribution >= 4 is 11.8 Å². The number of hydrazine groups is 1. The lowest BCUT2D eigenvalue weighted by molar-refractivity contribution is 0.569. The van der Waals surface area contributed by atoms with Crippen LogP contribution in [0.25, 0.3) is 0 Å². The van der Waals surface area contributed by atoms with Crippen LogP contribution in [-0.2, 0) is 12.8 Å². The maximum atomic E-state index is 5.69. The van der Waals surface area contributed by atoms with E-state index in [1.165, 1.54) is 16.0 Å². The number of pyridine rings is 1. The van der Waals surface area contributed by atoms with Crippen LogP contribution in [0.4, 0.5) is 0 Å². The van der Waals surface area contributed by atoms with Crippen LogP contribution in [0.5, 0.6) is 0 Å². The Hall–Kier alpha value is -1.36. The second kappa shape index (κ2) is 8.17. The van der Waals surface area contributed by atoms with Gasteiger partial charge in [0.15, 0.2) is 0 Å². The molecule has 0 aliphatic carbocycles. The lowest BCUT2D eigenvalue weighted by atomic mass is 10.1. The Labute approximate surface area is 131 Å². The zero-order valence-electron chi connectivity index (χ0n) is 12.7. The number of benzene rings is 1. The second-order valence-electron chi connectivity index (χ2n) is 5.16. The maximum Gasteiger partial charge on any atom is 0.0420 e. The summed E-state index contributed by atoms with van der Waals surface area (Å²) in [6.07, 6.45) is 3.83. The average Bonchev–Trinajstić information content (AvgIpc) is 2.53. The van der Waals surface area contributed by atoms with Crippen LogP contribution in [0.15, 0.2) is 47.5 Å². The minimum absolute atomic E-state index is 0.217. The summed E-state index contributed by atoms with van der Waals surface area (Å²) in [6, 6.07) is 12.9. The number of aromatic nitrogens is 1. The predicted octanol–water partition coefficient (Wildman–Crippen LogP) is 3.12. The Morgan fingerprint density at radius 1 is 1.24 bits per heavy atom. The first-order valence-corrected chi connectivity index (χ1v) is 8.29. The Morgan fingerprint density at radius 2 is 2.05 bits per heavy atom. The molecule has 2 aromatic rings. The van der Waals surface area contributed by atoms with Crippen LogP contribution < -0.4 is 11.3 Å². The highest BCUT2D eigenvalue weighted by Gasteiger charge is 2.10. The molecule has 1 aromatic heterocycles. The van der Waals surface area contributed by atoms with E-state index < -0.39 is 0 Å². The molecule has 0 aliphatic heterocycles. The van der Waals surface area contributed by atoms with Crippen LogP contribution in [0.2, 0.25) is 0 Å². The maximum absolute atomic E-state index is 5.69. The third-order valence-corrected chi connectivity index (χ3v) is 4.86. The average molecular weight is 301 g/mol. The van der Waals surface area contributed by atoms with E-state index in [1.807, 2.05) is 18.0 Å². The molecule has 1 unspecified atom stereocenters. The summed E-state index contributed by atoms with van der Waals surface area (Å²) in [7, 11) is 0. The molecule has 0 saturated heterocycles. The van der Waals surface area contributed by atoms with Crippen LogP contribution in [-0.4, -0.2) is 16.8 Å². The molecule has 0 amide bonds. The number of thioether (sulfide) groups is 1. The second-order valence-corrected chi connectivity index (χ2v) is 6.22. The standard InChI is InChI=1S/C17H23N3S/c1-3-14-8-9-15(19-11-14)10-16(20-18)12-21-17-7-5-4-6-13(17)2/h4-9,11,16,20H,3,10,12,18H2,1-2H3. The van der Waals surface area contributed by atoms with Gasteiger partial charge < -0.3 is 0 Å². The molecule has 21 heavy (non-hydrogen) atoms. The summed E-state index contributed by atoms with van der Waals surface area (Å²) >= 11 is 1.84. The van der Waals surface area contributed by atoms with Crippen LogP contribution in [0, 0.1) is 6.92 Å². The summed E-state index contributed by atoms with van der Waals surface area (Å²) in [5, 5.41) is 0. The van der Waals surface area contributed by atoms with Crippen LogP contribution in [0.1, 0.15) is 23.7 Å². The molecule has 2 rings (SSSR count). The number of nitrogens with one attached hydrogen (secondary N) is 1. The molecule has 3 nitrogen and oxygen atoms in total.